The van der Waals surface area contributed by atoms with Crippen LogP contribution in [0.1, 0.15) is 27.7 Å². The minimum absolute atomic E-state index is 0.121. The first-order valence-corrected chi connectivity index (χ1v) is 5.34. The molecule has 0 aromatic heterocycles. The van der Waals surface area contributed by atoms with Crippen molar-refractivity contribution in [2.24, 2.45) is 11.3 Å². The van der Waals surface area contributed by atoms with E-state index >= 15 is 0 Å². The largest absolute Gasteiger partial charge is 0.355 e. The maximum atomic E-state index is 11.4. The molecule has 0 aromatic rings. The molecule has 72 valence electrons. The highest BCUT2D eigenvalue weighted by molar-refractivity contribution is 9.09. The molecule has 0 rings (SSSR count). The first-order valence-electron chi connectivity index (χ1n) is 4.22. The van der Waals surface area contributed by atoms with E-state index in [2.05, 4.69) is 28.2 Å². The van der Waals surface area contributed by atoms with Crippen LogP contribution in [-0.2, 0) is 4.79 Å². The molecule has 2 nitrogen and oxygen atoms in total. The van der Waals surface area contributed by atoms with Gasteiger partial charge in [0.1, 0.15) is 0 Å². The molecule has 0 aromatic carbocycles. The minimum Gasteiger partial charge on any atom is -0.355 e. The van der Waals surface area contributed by atoms with Crippen molar-refractivity contribution in [1.82, 2.24) is 5.32 Å². The summed E-state index contributed by atoms with van der Waals surface area (Å²) in [4.78, 5) is 11.4. The number of nitrogens with one attached hydrogen (secondary N) is 1. The van der Waals surface area contributed by atoms with Crippen LogP contribution in [0.15, 0.2) is 0 Å². The number of carbonyl (C=O) groups excluding carboxylic acids is 1. The smallest absolute Gasteiger partial charge is 0.225 e. The van der Waals surface area contributed by atoms with Crippen LogP contribution in [0, 0.1) is 11.3 Å². The van der Waals surface area contributed by atoms with E-state index in [1.165, 1.54) is 0 Å². The Hall–Kier alpha value is -0.0500. The van der Waals surface area contributed by atoms with Gasteiger partial charge in [-0.2, -0.15) is 0 Å². The number of amides is 1. The van der Waals surface area contributed by atoms with Crippen LogP contribution >= 0.6 is 15.9 Å². The molecule has 1 unspecified atom stereocenters. The standard InChI is InChI=1S/C9H18BrNO/c1-7(5-10)6-11-8(12)9(2,3)4/h7H,5-6H2,1-4H3,(H,11,12). The lowest BCUT2D eigenvalue weighted by Crippen LogP contribution is -2.37. The molecular formula is C9H18BrNO. The summed E-state index contributed by atoms with van der Waals surface area (Å²) >= 11 is 3.36. The Labute approximate surface area is 83.2 Å². The zero-order valence-corrected chi connectivity index (χ0v) is 9.86. The summed E-state index contributed by atoms with van der Waals surface area (Å²) < 4.78 is 0. The fourth-order valence-electron chi connectivity index (χ4n) is 0.587. The van der Waals surface area contributed by atoms with Crippen molar-refractivity contribution < 1.29 is 4.79 Å². The number of alkyl halides is 1. The Bertz CT molecular complexity index is 151. The highest BCUT2D eigenvalue weighted by Crippen LogP contribution is 2.12. The topological polar surface area (TPSA) is 29.1 Å². The van der Waals surface area contributed by atoms with Crippen LogP contribution in [0.2, 0.25) is 0 Å². The summed E-state index contributed by atoms with van der Waals surface area (Å²) in [6.45, 7) is 8.60. The fraction of sp³-hybridized carbons (Fsp3) is 0.889. The van der Waals surface area contributed by atoms with Gasteiger partial charge in [-0.05, 0) is 5.92 Å². The van der Waals surface area contributed by atoms with Crippen molar-refractivity contribution >= 4 is 21.8 Å². The molecular weight excluding hydrogens is 218 g/mol. The maximum absolute atomic E-state index is 11.4. The van der Waals surface area contributed by atoms with Crippen LogP contribution in [-0.4, -0.2) is 17.8 Å². The summed E-state index contributed by atoms with van der Waals surface area (Å²) in [5.74, 6) is 0.617. The van der Waals surface area contributed by atoms with Crippen molar-refractivity contribution in [3.63, 3.8) is 0 Å². The molecule has 0 spiro atoms. The molecule has 0 saturated heterocycles. The van der Waals surface area contributed by atoms with Crippen LogP contribution < -0.4 is 5.32 Å². The van der Waals surface area contributed by atoms with Crippen molar-refractivity contribution in [3.05, 3.63) is 0 Å². The monoisotopic (exact) mass is 235 g/mol. The van der Waals surface area contributed by atoms with Gasteiger partial charge in [0.15, 0.2) is 0 Å². The number of carbonyl (C=O) groups is 1. The Morgan fingerprint density at radius 1 is 1.50 bits per heavy atom. The van der Waals surface area contributed by atoms with Crippen LogP contribution in [0.5, 0.6) is 0 Å². The van der Waals surface area contributed by atoms with Gasteiger partial charge in [0.05, 0.1) is 0 Å². The number of halogens is 1. The molecule has 0 radical (unpaired) electrons. The van der Waals surface area contributed by atoms with Gasteiger partial charge in [-0.3, -0.25) is 4.79 Å². The van der Waals surface area contributed by atoms with E-state index in [0.29, 0.717) is 5.92 Å². The quantitative estimate of drug-likeness (QED) is 0.747. The molecule has 3 heteroatoms. The highest BCUT2D eigenvalue weighted by atomic mass is 79.9. The predicted molar refractivity (Wildman–Crippen MR) is 55.4 cm³/mol. The first kappa shape index (κ1) is 11.9. The first-order chi connectivity index (χ1) is 5.38. The fourth-order valence-corrected chi connectivity index (χ4v) is 0.816. The van der Waals surface area contributed by atoms with E-state index in [9.17, 15) is 4.79 Å². The van der Waals surface area contributed by atoms with E-state index in [0.717, 1.165) is 11.9 Å². The highest BCUT2D eigenvalue weighted by Gasteiger charge is 2.20. The van der Waals surface area contributed by atoms with Gasteiger partial charge >= 0.3 is 0 Å². The Morgan fingerprint density at radius 2 is 2.00 bits per heavy atom. The van der Waals surface area contributed by atoms with Crippen molar-refractivity contribution in [1.29, 1.82) is 0 Å². The normalized spacial score (nSPS) is 14.1. The zero-order chi connectivity index (χ0) is 9.78. The second kappa shape index (κ2) is 4.85. The summed E-state index contributed by atoms with van der Waals surface area (Å²) in [6.07, 6.45) is 0. The lowest BCUT2D eigenvalue weighted by atomic mass is 9.95. The van der Waals surface area contributed by atoms with E-state index < -0.39 is 0 Å². The third-order valence-electron chi connectivity index (χ3n) is 1.56. The van der Waals surface area contributed by atoms with E-state index in [4.69, 9.17) is 0 Å². The predicted octanol–water partition coefficient (Wildman–Crippen LogP) is 2.18. The van der Waals surface area contributed by atoms with Gasteiger partial charge in [0, 0.05) is 17.3 Å². The molecule has 1 N–H and O–H groups in total. The molecule has 0 bridgehead atoms. The number of hydrogen-bond donors (Lipinski definition) is 1. The third kappa shape index (κ3) is 4.75. The van der Waals surface area contributed by atoms with E-state index in [-0.39, 0.29) is 11.3 Å². The van der Waals surface area contributed by atoms with Crippen molar-refractivity contribution in [3.8, 4) is 0 Å². The van der Waals surface area contributed by atoms with E-state index in [1.807, 2.05) is 20.8 Å². The molecule has 1 amide bonds. The average Bonchev–Trinajstić information content (AvgIpc) is 1.97. The zero-order valence-electron chi connectivity index (χ0n) is 8.28. The number of hydrogen-bond acceptors (Lipinski definition) is 1. The Morgan fingerprint density at radius 3 is 2.33 bits per heavy atom. The second-order valence-corrected chi connectivity index (χ2v) is 4.87. The molecule has 12 heavy (non-hydrogen) atoms. The van der Waals surface area contributed by atoms with Gasteiger partial charge in [-0.25, -0.2) is 0 Å². The van der Waals surface area contributed by atoms with Gasteiger partial charge in [0.25, 0.3) is 0 Å². The maximum Gasteiger partial charge on any atom is 0.225 e. The molecule has 0 aliphatic heterocycles. The summed E-state index contributed by atoms with van der Waals surface area (Å²) in [5, 5.41) is 3.83. The third-order valence-corrected chi connectivity index (χ3v) is 2.66. The number of rotatable bonds is 3. The Balaban J connectivity index is 3.73. The summed E-state index contributed by atoms with van der Waals surface area (Å²) in [6, 6.07) is 0. The van der Waals surface area contributed by atoms with Crippen LogP contribution in [0.25, 0.3) is 0 Å². The molecule has 0 aliphatic carbocycles. The molecule has 0 fully saturated rings. The summed E-state index contributed by atoms with van der Waals surface area (Å²) in [7, 11) is 0. The van der Waals surface area contributed by atoms with Crippen LogP contribution in [0.4, 0.5) is 0 Å². The van der Waals surface area contributed by atoms with Gasteiger partial charge in [0.2, 0.25) is 5.91 Å². The van der Waals surface area contributed by atoms with Crippen molar-refractivity contribution in [2.45, 2.75) is 27.7 Å². The second-order valence-electron chi connectivity index (χ2n) is 4.22. The lowest BCUT2D eigenvalue weighted by molar-refractivity contribution is -0.128. The summed E-state index contributed by atoms with van der Waals surface area (Å²) in [5.41, 5.74) is -0.272. The Kier molecular flexibility index (Phi) is 4.83. The molecule has 0 saturated carbocycles. The van der Waals surface area contributed by atoms with Crippen molar-refractivity contribution in [2.75, 3.05) is 11.9 Å². The molecule has 0 heterocycles. The van der Waals surface area contributed by atoms with Crippen LogP contribution in [0.3, 0.4) is 0 Å². The lowest BCUT2D eigenvalue weighted by Gasteiger charge is -2.19. The SMILES string of the molecule is CC(CBr)CNC(=O)C(C)(C)C. The minimum atomic E-state index is -0.272. The molecule has 0 aliphatic rings. The van der Waals surface area contributed by atoms with E-state index in [1.54, 1.807) is 0 Å². The van der Waals surface area contributed by atoms with Gasteiger partial charge in [-0.1, -0.05) is 43.6 Å². The van der Waals surface area contributed by atoms with Gasteiger partial charge < -0.3 is 5.32 Å². The average molecular weight is 236 g/mol. The molecule has 1 atom stereocenters. The van der Waals surface area contributed by atoms with Gasteiger partial charge in [-0.15, -0.1) is 0 Å².